The third kappa shape index (κ3) is 6.16. The number of aliphatic imine (C=N–C) groups is 1. The van der Waals surface area contributed by atoms with Crippen LogP contribution in [0.5, 0.6) is 0 Å². The highest BCUT2D eigenvalue weighted by atomic mass is 32.2. The molecule has 0 bridgehead atoms. The molecule has 0 saturated heterocycles. The third-order valence-electron chi connectivity index (χ3n) is 5.04. The van der Waals surface area contributed by atoms with E-state index in [2.05, 4.69) is 19.9 Å². The normalized spacial score (nSPS) is 15.6. The Kier molecular flexibility index (Phi) is 7.32. The lowest BCUT2D eigenvalue weighted by atomic mass is 9.98. The number of hydrogen-bond acceptors (Lipinski definition) is 5. The summed E-state index contributed by atoms with van der Waals surface area (Å²) in [6, 6.07) is 16.2. The van der Waals surface area contributed by atoms with Crippen molar-refractivity contribution >= 4 is 16.0 Å². The molecule has 0 aliphatic carbocycles. The predicted octanol–water partition coefficient (Wildman–Crippen LogP) is 4.99. The number of rotatable bonds is 10. The second-order valence-electron chi connectivity index (χ2n) is 8.30. The molecule has 0 fully saturated rings. The van der Waals surface area contributed by atoms with Gasteiger partial charge in [-0.05, 0) is 49.4 Å². The quantitative estimate of drug-likeness (QED) is 0.394. The first kappa shape index (κ1) is 22.5. The van der Waals surface area contributed by atoms with Crippen molar-refractivity contribution in [3.05, 3.63) is 59.7 Å². The summed E-state index contributed by atoms with van der Waals surface area (Å²) in [5, 5.41) is 0. The fourth-order valence-corrected chi connectivity index (χ4v) is 4.38. The number of benzene rings is 2. The number of hydrogen-bond donors (Lipinski definition) is 0. The summed E-state index contributed by atoms with van der Waals surface area (Å²) in [6.45, 7) is 6.92. The van der Waals surface area contributed by atoms with Gasteiger partial charge < -0.3 is 4.74 Å². The first-order valence-electron chi connectivity index (χ1n) is 10.6. The molecule has 2 aromatic rings. The fourth-order valence-electron chi connectivity index (χ4n) is 3.37. The van der Waals surface area contributed by atoms with Crippen LogP contribution in [0.25, 0.3) is 11.1 Å². The van der Waals surface area contributed by atoms with E-state index < -0.39 is 10.1 Å². The zero-order valence-electron chi connectivity index (χ0n) is 18.1. The SMILES string of the molecule is CCCCCS(=O)(=O)OCCc1ccc(-c2ccccc2C2=NC(C)(C)CO2)cc1. The van der Waals surface area contributed by atoms with E-state index in [0.717, 1.165) is 35.1 Å². The molecule has 2 aromatic carbocycles. The van der Waals surface area contributed by atoms with Gasteiger partial charge in [-0.15, -0.1) is 0 Å². The summed E-state index contributed by atoms with van der Waals surface area (Å²) in [6.07, 6.45) is 3.10. The van der Waals surface area contributed by atoms with Crippen LogP contribution < -0.4 is 0 Å². The summed E-state index contributed by atoms with van der Waals surface area (Å²) in [5.74, 6) is 0.778. The van der Waals surface area contributed by atoms with Gasteiger partial charge in [0.2, 0.25) is 5.90 Å². The highest BCUT2D eigenvalue weighted by Crippen LogP contribution is 2.29. The highest BCUT2D eigenvalue weighted by molar-refractivity contribution is 7.86. The van der Waals surface area contributed by atoms with Gasteiger partial charge in [0.1, 0.15) is 6.61 Å². The molecule has 1 heterocycles. The molecule has 5 nitrogen and oxygen atoms in total. The van der Waals surface area contributed by atoms with Crippen molar-refractivity contribution in [2.45, 2.75) is 52.0 Å². The molecule has 1 aliphatic heterocycles. The Labute approximate surface area is 180 Å². The van der Waals surface area contributed by atoms with E-state index in [4.69, 9.17) is 13.9 Å². The van der Waals surface area contributed by atoms with Crippen LogP contribution in [-0.4, -0.2) is 38.8 Å². The predicted molar refractivity (Wildman–Crippen MR) is 121 cm³/mol. The van der Waals surface area contributed by atoms with Crippen LogP contribution in [0.3, 0.4) is 0 Å². The van der Waals surface area contributed by atoms with Crippen LogP contribution in [0.4, 0.5) is 0 Å². The second kappa shape index (κ2) is 9.75. The van der Waals surface area contributed by atoms with E-state index in [-0.39, 0.29) is 17.9 Å². The maximum atomic E-state index is 11.9. The monoisotopic (exact) mass is 429 g/mol. The standard InChI is InChI=1S/C24H31NO4S/c1-4-5-8-17-30(26,27)29-16-15-19-11-13-20(14-12-19)21-9-6-7-10-22(21)23-25-24(2,3)18-28-23/h6-7,9-14H,4-5,8,15-18H2,1-3H3. The molecule has 6 heteroatoms. The van der Waals surface area contributed by atoms with Crippen molar-refractivity contribution in [3.63, 3.8) is 0 Å². The van der Waals surface area contributed by atoms with E-state index >= 15 is 0 Å². The van der Waals surface area contributed by atoms with Crippen molar-refractivity contribution in [2.75, 3.05) is 19.0 Å². The van der Waals surface area contributed by atoms with Crippen LogP contribution in [0.2, 0.25) is 0 Å². The summed E-state index contributed by atoms with van der Waals surface area (Å²) in [5.41, 5.74) is 3.95. The molecule has 1 aliphatic rings. The van der Waals surface area contributed by atoms with Crippen LogP contribution in [0.15, 0.2) is 53.5 Å². The topological polar surface area (TPSA) is 65.0 Å². The molecule has 0 aromatic heterocycles. The Morgan fingerprint density at radius 2 is 1.73 bits per heavy atom. The maximum absolute atomic E-state index is 11.9. The lowest BCUT2D eigenvalue weighted by Crippen LogP contribution is -2.17. The van der Waals surface area contributed by atoms with E-state index in [1.165, 1.54) is 0 Å². The first-order valence-corrected chi connectivity index (χ1v) is 12.2. The molecule has 0 saturated carbocycles. The Hall–Kier alpha value is -2.18. The molecule has 0 unspecified atom stereocenters. The smallest absolute Gasteiger partial charge is 0.267 e. The van der Waals surface area contributed by atoms with Crippen LogP contribution >= 0.6 is 0 Å². The molecule has 0 N–H and O–H groups in total. The van der Waals surface area contributed by atoms with Gasteiger partial charge in [-0.3, -0.25) is 4.18 Å². The van der Waals surface area contributed by atoms with Gasteiger partial charge in [-0.1, -0.05) is 62.2 Å². The second-order valence-corrected chi connectivity index (χ2v) is 10.1. The molecular formula is C24H31NO4S. The fraction of sp³-hybridized carbons (Fsp3) is 0.458. The van der Waals surface area contributed by atoms with Gasteiger partial charge in [-0.25, -0.2) is 4.99 Å². The number of unbranched alkanes of at least 4 members (excludes halogenated alkanes) is 2. The maximum Gasteiger partial charge on any atom is 0.267 e. The summed E-state index contributed by atoms with van der Waals surface area (Å²) < 4.78 is 34.8. The first-order chi connectivity index (χ1) is 14.3. The molecule has 0 atom stereocenters. The Balaban J connectivity index is 1.65. The minimum absolute atomic E-state index is 0.0966. The van der Waals surface area contributed by atoms with E-state index in [9.17, 15) is 8.42 Å². The average molecular weight is 430 g/mol. The van der Waals surface area contributed by atoms with Crippen molar-refractivity contribution in [2.24, 2.45) is 4.99 Å². The van der Waals surface area contributed by atoms with Crippen LogP contribution in [0.1, 0.15) is 51.2 Å². The van der Waals surface area contributed by atoms with Crippen LogP contribution in [-0.2, 0) is 25.5 Å². The molecule has 0 spiro atoms. The van der Waals surface area contributed by atoms with Crippen molar-refractivity contribution in [3.8, 4) is 11.1 Å². The van der Waals surface area contributed by atoms with Crippen molar-refractivity contribution < 1.29 is 17.3 Å². The summed E-state index contributed by atoms with van der Waals surface area (Å²) in [4.78, 5) is 4.71. The molecule has 162 valence electrons. The lowest BCUT2D eigenvalue weighted by molar-refractivity contribution is 0.279. The van der Waals surface area contributed by atoms with Gasteiger partial charge >= 0.3 is 0 Å². The molecular weight excluding hydrogens is 398 g/mol. The van der Waals surface area contributed by atoms with E-state index in [0.29, 0.717) is 25.3 Å². The minimum Gasteiger partial charge on any atom is -0.475 e. The zero-order chi connectivity index (χ0) is 21.6. The lowest BCUT2D eigenvalue weighted by Gasteiger charge is -2.10. The molecule has 3 rings (SSSR count). The number of ether oxygens (including phenoxy) is 1. The Morgan fingerprint density at radius 1 is 1.03 bits per heavy atom. The van der Waals surface area contributed by atoms with Gasteiger partial charge in [0.05, 0.1) is 17.9 Å². The van der Waals surface area contributed by atoms with Crippen molar-refractivity contribution in [1.82, 2.24) is 0 Å². The Bertz CT molecular complexity index is 979. The number of nitrogens with zero attached hydrogens (tertiary/aromatic N) is 1. The highest BCUT2D eigenvalue weighted by Gasteiger charge is 2.28. The summed E-state index contributed by atoms with van der Waals surface area (Å²) in [7, 11) is -3.43. The van der Waals surface area contributed by atoms with E-state index in [1.807, 2.05) is 49.4 Å². The van der Waals surface area contributed by atoms with Crippen molar-refractivity contribution in [1.29, 1.82) is 0 Å². The van der Waals surface area contributed by atoms with Gasteiger partial charge in [0.15, 0.2) is 0 Å². The minimum atomic E-state index is -3.43. The molecule has 0 radical (unpaired) electrons. The van der Waals surface area contributed by atoms with Gasteiger partial charge in [0.25, 0.3) is 10.1 Å². The Morgan fingerprint density at radius 3 is 2.37 bits per heavy atom. The summed E-state index contributed by atoms with van der Waals surface area (Å²) >= 11 is 0. The molecule has 0 amide bonds. The average Bonchev–Trinajstić information content (AvgIpc) is 3.08. The largest absolute Gasteiger partial charge is 0.475 e. The van der Waals surface area contributed by atoms with Gasteiger partial charge in [-0.2, -0.15) is 8.42 Å². The zero-order valence-corrected chi connectivity index (χ0v) is 18.9. The van der Waals surface area contributed by atoms with Crippen LogP contribution in [0, 0.1) is 0 Å². The van der Waals surface area contributed by atoms with E-state index in [1.54, 1.807) is 0 Å². The molecule has 30 heavy (non-hydrogen) atoms. The van der Waals surface area contributed by atoms with Gasteiger partial charge in [0, 0.05) is 5.56 Å². The third-order valence-corrected chi connectivity index (χ3v) is 6.35.